The Kier molecular flexibility index (Phi) is 3.35. The first-order chi connectivity index (χ1) is 11.8. The van der Waals surface area contributed by atoms with Crippen LogP contribution in [0.5, 0.6) is 0 Å². The van der Waals surface area contributed by atoms with Gasteiger partial charge in [-0.15, -0.1) is 10.2 Å². The van der Waals surface area contributed by atoms with Gasteiger partial charge in [-0.2, -0.15) is 0 Å². The van der Waals surface area contributed by atoms with Gasteiger partial charge in [0.15, 0.2) is 5.65 Å². The molecule has 3 heterocycles. The smallest absolute Gasteiger partial charge is 0.225 e. The largest absolute Gasteiger partial charge is 0.342 e. The molecule has 0 spiro atoms. The van der Waals surface area contributed by atoms with Crippen LogP contribution in [0.3, 0.4) is 0 Å². The first-order valence-electron chi connectivity index (χ1n) is 9.38. The number of carbonyl (C=O) groups is 1. The lowest BCUT2D eigenvalue weighted by atomic mass is 9.86. The Labute approximate surface area is 142 Å². The Morgan fingerprint density at radius 1 is 1.04 bits per heavy atom. The quantitative estimate of drug-likeness (QED) is 0.853. The number of hydrogen-bond donors (Lipinski definition) is 0. The van der Waals surface area contributed by atoms with Crippen LogP contribution in [0.25, 0.3) is 5.65 Å². The molecule has 3 atom stereocenters. The lowest BCUT2D eigenvalue weighted by Gasteiger charge is -2.34. The van der Waals surface area contributed by atoms with Crippen LogP contribution >= 0.6 is 0 Å². The number of fused-ring (bicyclic) bond motifs is 3. The van der Waals surface area contributed by atoms with Crippen molar-refractivity contribution >= 4 is 11.6 Å². The van der Waals surface area contributed by atoms with Crippen LogP contribution in [0, 0.1) is 17.8 Å². The van der Waals surface area contributed by atoms with Gasteiger partial charge in [0, 0.05) is 31.1 Å². The number of carbonyl (C=O) groups excluding carboxylic acids is 1. The summed E-state index contributed by atoms with van der Waals surface area (Å²) in [4.78, 5) is 15.0. The fourth-order valence-corrected chi connectivity index (χ4v) is 5.28. The molecule has 1 aliphatic heterocycles. The molecular weight excluding hydrogens is 300 g/mol. The molecule has 0 unspecified atom stereocenters. The number of amides is 1. The summed E-state index contributed by atoms with van der Waals surface area (Å²) in [5, 5.41) is 8.68. The minimum absolute atomic E-state index is 0.328. The Bertz CT molecular complexity index is 762. The Morgan fingerprint density at radius 3 is 2.67 bits per heavy atom. The van der Waals surface area contributed by atoms with Crippen molar-refractivity contribution in [2.75, 3.05) is 13.1 Å². The van der Waals surface area contributed by atoms with Crippen molar-refractivity contribution in [1.82, 2.24) is 19.5 Å². The van der Waals surface area contributed by atoms with Crippen LogP contribution in [0.4, 0.5) is 0 Å². The van der Waals surface area contributed by atoms with E-state index in [1.54, 1.807) is 0 Å². The minimum atomic E-state index is 0.328. The van der Waals surface area contributed by atoms with Gasteiger partial charge in [-0.05, 0) is 56.1 Å². The maximum absolute atomic E-state index is 12.9. The van der Waals surface area contributed by atoms with Crippen LogP contribution < -0.4 is 0 Å². The predicted molar refractivity (Wildman–Crippen MR) is 90.5 cm³/mol. The molecule has 3 aliphatic rings. The molecule has 5 nitrogen and oxygen atoms in total. The van der Waals surface area contributed by atoms with Gasteiger partial charge in [-0.1, -0.05) is 12.5 Å². The summed E-state index contributed by atoms with van der Waals surface area (Å²) < 4.78 is 2.10. The standard InChI is InChI=1S/C19H24N4O/c24-19(16-12-13-4-5-15(16)11-13)22-9-6-14(7-10-22)18-21-20-17-3-1-2-8-23(17)18/h1-3,8,13-16H,4-7,9-12H2/t13-,15+,16+/m0/s1. The normalized spacial score (nSPS) is 30.3. The second-order valence-corrected chi connectivity index (χ2v) is 7.87. The van der Waals surface area contributed by atoms with E-state index in [0.29, 0.717) is 23.7 Å². The average Bonchev–Trinajstić information content (AvgIpc) is 3.36. The zero-order valence-electron chi connectivity index (χ0n) is 14.0. The minimum Gasteiger partial charge on any atom is -0.342 e. The van der Waals surface area contributed by atoms with Gasteiger partial charge in [0.2, 0.25) is 5.91 Å². The van der Waals surface area contributed by atoms with Crippen LogP contribution in [0.1, 0.15) is 50.3 Å². The Morgan fingerprint density at radius 2 is 1.92 bits per heavy atom. The fraction of sp³-hybridized carbons (Fsp3) is 0.632. The number of likely N-dealkylation sites (tertiary alicyclic amines) is 1. The number of nitrogens with zero attached hydrogens (tertiary/aromatic N) is 4. The van der Waals surface area contributed by atoms with Crippen molar-refractivity contribution < 1.29 is 4.79 Å². The van der Waals surface area contributed by atoms with Crippen molar-refractivity contribution in [1.29, 1.82) is 0 Å². The van der Waals surface area contributed by atoms with E-state index in [1.807, 2.05) is 24.4 Å². The Hall–Kier alpha value is -1.91. The molecule has 3 fully saturated rings. The summed E-state index contributed by atoms with van der Waals surface area (Å²) in [6.45, 7) is 1.75. The molecule has 2 saturated carbocycles. The van der Waals surface area contributed by atoms with Gasteiger partial charge < -0.3 is 4.90 Å². The van der Waals surface area contributed by atoms with E-state index in [0.717, 1.165) is 49.7 Å². The van der Waals surface area contributed by atoms with Crippen molar-refractivity contribution in [3.8, 4) is 0 Å². The summed E-state index contributed by atoms with van der Waals surface area (Å²) in [6, 6.07) is 6.00. The summed E-state index contributed by atoms with van der Waals surface area (Å²) in [7, 11) is 0. The third-order valence-corrected chi connectivity index (χ3v) is 6.57. The average molecular weight is 324 g/mol. The predicted octanol–water partition coefficient (Wildman–Crippen LogP) is 2.87. The van der Waals surface area contributed by atoms with Crippen molar-refractivity contribution in [2.45, 2.75) is 44.4 Å². The van der Waals surface area contributed by atoms with Crippen LogP contribution in [0.2, 0.25) is 0 Å². The summed E-state index contributed by atoms with van der Waals surface area (Å²) in [5.74, 6) is 3.74. The number of piperidine rings is 1. The van der Waals surface area contributed by atoms with Gasteiger partial charge >= 0.3 is 0 Å². The van der Waals surface area contributed by atoms with Crippen molar-refractivity contribution in [3.63, 3.8) is 0 Å². The highest BCUT2D eigenvalue weighted by atomic mass is 16.2. The molecular formula is C19H24N4O. The van der Waals surface area contributed by atoms with E-state index in [4.69, 9.17) is 0 Å². The molecule has 2 bridgehead atoms. The highest BCUT2D eigenvalue weighted by Gasteiger charge is 2.44. The molecule has 1 amide bonds. The molecule has 5 heteroatoms. The lowest BCUT2D eigenvalue weighted by Crippen LogP contribution is -2.42. The lowest BCUT2D eigenvalue weighted by molar-refractivity contribution is -0.138. The van der Waals surface area contributed by atoms with Crippen molar-refractivity contribution in [3.05, 3.63) is 30.2 Å². The molecule has 126 valence electrons. The molecule has 2 aromatic heterocycles. The summed E-state index contributed by atoms with van der Waals surface area (Å²) in [6.07, 6.45) is 9.14. The number of pyridine rings is 1. The summed E-state index contributed by atoms with van der Waals surface area (Å²) >= 11 is 0. The van der Waals surface area contributed by atoms with E-state index < -0.39 is 0 Å². The van der Waals surface area contributed by atoms with Crippen LogP contribution in [-0.2, 0) is 4.79 Å². The molecule has 2 aromatic rings. The highest BCUT2D eigenvalue weighted by molar-refractivity contribution is 5.79. The van der Waals surface area contributed by atoms with Gasteiger partial charge in [0.1, 0.15) is 5.82 Å². The third-order valence-electron chi connectivity index (χ3n) is 6.57. The van der Waals surface area contributed by atoms with Gasteiger partial charge in [-0.25, -0.2) is 0 Å². The van der Waals surface area contributed by atoms with Crippen molar-refractivity contribution in [2.24, 2.45) is 17.8 Å². The third kappa shape index (κ3) is 2.25. The number of aromatic nitrogens is 3. The molecule has 1 saturated heterocycles. The molecule has 5 rings (SSSR count). The van der Waals surface area contributed by atoms with Gasteiger partial charge in [-0.3, -0.25) is 9.20 Å². The second-order valence-electron chi connectivity index (χ2n) is 7.87. The maximum atomic E-state index is 12.9. The highest BCUT2D eigenvalue weighted by Crippen LogP contribution is 2.49. The molecule has 2 aliphatic carbocycles. The monoisotopic (exact) mass is 324 g/mol. The zero-order chi connectivity index (χ0) is 16.1. The van der Waals surface area contributed by atoms with Gasteiger partial charge in [0.05, 0.1) is 0 Å². The second kappa shape index (κ2) is 5.57. The molecule has 24 heavy (non-hydrogen) atoms. The van der Waals surface area contributed by atoms with Crippen LogP contribution in [-0.4, -0.2) is 38.5 Å². The molecule has 0 N–H and O–H groups in total. The number of rotatable bonds is 2. The van der Waals surface area contributed by atoms with E-state index >= 15 is 0 Å². The van der Waals surface area contributed by atoms with Gasteiger partial charge in [0.25, 0.3) is 0 Å². The Balaban J connectivity index is 1.27. The fourth-order valence-electron chi connectivity index (χ4n) is 5.28. The molecule has 0 radical (unpaired) electrons. The van der Waals surface area contributed by atoms with E-state index in [9.17, 15) is 4.79 Å². The van der Waals surface area contributed by atoms with E-state index in [2.05, 4.69) is 19.5 Å². The maximum Gasteiger partial charge on any atom is 0.225 e. The van der Waals surface area contributed by atoms with E-state index in [-0.39, 0.29) is 0 Å². The zero-order valence-corrected chi connectivity index (χ0v) is 14.0. The number of hydrogen-bond acceptors (Lipinski definition) is 3. The van der Waals surface area contributed by atoms with Crippen LogP contribution in [0.15, 0.2) is 24.4 Å². The SMILES string of the molecule is O=C([C@@H]1C[C@H]2CC[C@@H]1C2)N1CCC(c2nnc3ccccn23)CC1. The molecule has 0 aromatic carbocycles. The topological polar surface area (TPSA) is 50.5 Å². The first-order valence-corrected chi connectivity index (χ1v) is 9.38. The van der Waals surface area contributed by atoms with E-state index in [1.165, 1.54) is 19.3 Å². The summed E-state index contributed by atoms with van der Waals surface area (Å²) in [5.41, 5.74) is 0.910. The first kappa shape index (κ1) is 14.4.